The molecule has 5 heterocycles. The number of hydrogen-bond donors (Lipinski definition) is 3. The van der Waals surface area contributed by atoms with Crippen LogP contribution in [0, 0.1) is 5.92 Å². The van der Waals surface area contributed by atoms with Gasteiger partial charge >= 0.3 is 0 Å². The maximum absolute atomic E-state index is 4.66. The van der Waals surface area contributed by atoms with Crippen molar-refractivity contribution in [2.45, 2.75) is 13.8 Å². The fourth-order valence-electron chi connectivity index (χ4n) is 4.32. The summed E-state index contributed by atoms with van der Waals surface area (Å²) in [6.07, 6.45) is 9.06. The molecule has 0 spiro atoms. The quantitative estimate of drug-likeness (QED) is 0.248. The van der Waals surface area contributed by atoms with E-state index in [-0.39, 0.29) is 0 Å². The third-order valence-corrected chi connectivity index (χ3v) is 6.39. The van der Waals surface area contributed by atoms with Crippen LogP contribution >= 0.6 is 0 Å². The van der Waals surface area contributed by atoms with Gasteiger partial charge < -0.3 is 10.3 Å². The lowest BCUT2D eigenvalue weighted by Crippen LogP contribution is -2.04. The van der Waals surface area contributed by atoms with Gasteiger partial charge in [0.2, 0.25) is 0 Å². The van der Waals surface area contributed by atoms with Crippen molar-refractivity contribution in [3.63, 3.8) is 0 Å². The molecule has 0 saturated carbocycles. The van der Waals surface area contributed by atoms with Crippen LogP contribution in [-0.4, -0.2) is 30.1 Å². The predicted octanol–water partition coefficient (Wildman–Crippen LogP) is 6.81. The van der Waals surface area contributed by atoms with Gasteiger partial charge in [-0.15, -0.1) is 0 Å². The SMILES string of the molecule is C=C(Nc1cncc(-c2cc3c(-c4cc5c(-c6ccncc6)cccc5[nH]4)n[nH]c3cn2)c1)C(C)C. The molecular weight excluding hydrogens is 446 g/mol. The van der Waals surface area contributed by atoms with E-state index in [9.17, 15) is 0 Å². The highest BCUT2D eigenvalue weighted by molar-refractivity contribution is 6.01. The molecule has 6 rings (SSSR count). The van der Waals surface area contributed by atoms with Gasteiger partial charge in [0, 0.05) is 46.1 Å². The highest BCUT2D eigenvalue weighted by Crippen LogP contribution is 2.34. The van der Waals surface area contributed by atoms with Crippen LogP contribution in [0.25, 0.3) is 55.6 Å². The minimum Gasteiger partial charge on any atom is -0.358 e. The van der Waals surface area contributed by atoms with E-state index >= 15 is 0 Å². The van der Waals surface area contributed by atoms with E-state index in [4.69, 9.17) is 0 Å². The van der Waals surface area contributed by atoms with Crippen LogP contribution in [0.15, 0.2) is 91.8 Å². The third-order valence-electron chi connectivity index (χ3n) is 6.39. The Balaban J connectivity index is 1.41. The van der Waals surface area contributed by atoms with Gasteiger partial charge in [0.25, 0.3) is 0 Å². The Bertz CT molecular complexity index is 1710. The van der Waals surface area contributed by atoms with Crippen LogP contribution in [0.4, 0.5) is 5.69 Å². The van der Waals surface area contributed by atoms with Gasteiger partial charge in [-0.05, 0) is 53.4 Å². The van der Waals surface area contributed by atoms with Crippen LogP contribution in [0.2, 0.25) is 0 Å². The number of aromatic nitrogens is 6. The minimum absolute atomic E-state index is 0.326. The smallest absolute Gasteiger partial charge is 0.116 e. The van der Waals surface area contributed by atoms with Gasteiger partial charge in [-0.3, -0.25) is 20.1 Å². The zero-order valence-electron chi connectivity index (χ0n) is 20.1. The molecule has 0 aliphatic carbocycles. The van der Waals surface area contributed by atoms with Gasteiger partial charge in [0.15, 0.2) is 0 Å². The van der Waals surface area contributed by atoms with Crippen molar-refractivity contribution in [3.05, 3.63) is 91.8 Å². The van der Waals surface area contributed by atoms with E-state index in [1.54, 1.807) is 6.20 Å². The maximum Gasteiger partial charge on any atom is 0.116 e. The highest BCUT2D eigenvalue weighted by atomic mass is 15.1. The summed E-state index contributed by atoms with van der Waals surface area (Å²) in [6.45, 7) is 8.31. The molecule has 5 aromatic heterocycles. The topological polar surface area (TPSA) is 95.2 Å². The van der Waals surface area contributed by atoms with Crippen molar-refractivity contribution >= 4 is 27.5 Å². The molecule has 36 heavy (non-hydrogen) atoms. The molecule has 6 aromatic rings. The Labute approximate surface area is 208 Å². The van der Waals surface area contributed by atoms with Crippen molar-refractivity contribution in [1.29, 1.82) is 0 Å². The number of fused-ring (bicyclic) bond motifs is 2. The van der Waals surface area contributed by atoms with Crippen molar-refractivity contribution in [3.8, 4) is 33.8 Å². The van der Waals surface area contributed by atoms with Crippen molar-refractivity contribution in [2.24, 2.45) is 5.92 Å². The number of rotatable bonds is 6. The third kappa shape index (κ3) is 3.90. The summed E-state index contributed by atoms with van der Waals surface area (Å²) in [5, 5.41) is 13.2. The Morgan fingerprint density at radius 2 is 1.75 bits per heavy atom. The van der Waals surface area contributed by atoms with Crippen LogP contribution in [-0.2, 0) is 0 Å². The minimum atomic E-state index is 0.326. The van der Waals surface area contributed by atoms with E-state index in [2.05, 4.69) is 86.2 Å². The monoisotopic (exact) mass is 471 g/mol. The molecule has 0 saturated heterocycles. The number of benzene rings is 1. The van der Waals surface area contributed by atoms with Gasteiger partial charge in [-0.1, -0.05) is 32.6 Å². The number of anilines is 1. The van der Waals surface area contributed by atoms with E-state index < -0.39 is 0 Å². The first-order valence-corrected chi connectivity index (χ1v) is 11.8. The lowest BCUT2D eigenvalue weighted by Gasteiger charge is -2.13. The van der Waals surface area contributed by atoms with Crippen molar-refractivity contribution in [1.82, 2.24) is 30.1 Å². The molecule has 0 bridgehead atoms. The van der Waals surface area contributed by atoms with E-state index in [1.165, 1.54) is 0 Å². The average molecular weight is 472 g/mol. The van der Waals surface area contributed by atoms with Crippen molar-refractivity contribution < 1.29 is 0 Å². The molecule has 0 amide bonds. The molecule has 0 fully saturated rings. The normalized spacial score (nSPS) is 11.4. The molecule has 0 aliphatic rings. The molecular formula is C29H25N7. The number of aromatic amines is 2. The number of nitrogens with one attached hydrogen (secondary N) is 3. The van der Waals surface area contributed by atoms with E-state index in [1.807, 2.05) is 43.0 Å². The van der Waals surface area contributed by atoms with Crippen LogP contribution in [0.1, 0.15) is 13.8 Å². The van der Waals surface area contributed by atoms with E-state index in [0.29, 0.717) is 5.92 Å². The highest BCUT2D eigenvalue weighted by Gasteiger charge is 2.15. The number of hydrogen-bond acceptors (Lipinski definition) is 5. The van der Waals surface area contributed by atoms with Gasteiger partial charge in [0.05, 0.1) is 35.0 Å². The number of allylic oxidation sites excluding steroid dienone is 1. The average Bonchev–Trinajstić information content (AvgIpc) is 3.53. The summed E-state index contributed by atoms with van der Waals surface area (Å²) in [6, 6.07) is 16.6. The molecule has 0 unspecified atom stereocenters. The molecule has 1 aromatic carbocycles. The van der Waals surface area contributed by atoms with Gasteiger partial charge in [0.1, 0.15) is 5.69 Å². The largest absolute Gasteiger partial charge is 0.358 e. The fraction of sp³-hybridized carbons (Fsp3) is 0.103. The first-order chi connectivity index (χ1) is 17.6. The molecule has 7 heteroatoms. The van der Waals surface area contributed by atoms with Gasteiger partial charge in [-0.2, -0.15) is 5.10 Å². The Morgan fingerprint density at radius 1 is 0.889 bits per heavy atom. The molecule has 0 radical (unpaired) electrons. The molecule has 3 N–H and O–H groups in total. The second-order valence-electron chi connectivity index (χ2n) is 9.14. The summed E-state index contributed by atoms with van der Waals surface area (Å²) in [5.41, 5.74) is 9.57. The Kier molecular flexibility index (Phi) is 5.30. The lowest BCUT2D eigenvalue weighted by atomic mass is 10.0. The molecule has 0 aliphatic heterocycles. The zero-order chi connectivity index (χ0) is 24.6. The summed E-state index contributed by atoms with van der Waals surface area (Å²) in [4.78, 5) is 16.8. The summed E-state index contributed by atoms with van der Waals surface area (Å²) in [5.74, 6) is 0.326. The second kappa shape index (κ2) is 8.78. The Hall–Kier alpha value is -4.78. The number of H-pyrrole nitrogens is 2. The summed E-state index contributed by atoms with van der Waals surface area (Å²) < 4.78 is 0. The van der Waals surface area contributed by atoms with Crippen LogP contribution in [0.5, 0.6) is 0 Å². The molecule has 7 nitrogen and oxygen atoms in total. The van der Waals surface area contributed by atoms with Crippen LogP contribution < -0.4 is 5.32 Å². The number of nitrogens with zero attached hydrogens (tertiary/aromatic N) is 4. The predicted molar refractivity (Wildman–Crippen MR) is 145 cm³/mol. The molecule has 0 atom stereocenters. The Morgan fingerprint density at radius 3 is 2.58 bits per heavy atom. The van der Waals surface area contributed by atoms with Crippen molar-refractivity contribution in [2.75, 3.05) is 5.32 Å². The van der Waals surface area contributed by atoms with E-state index in [0.717, 1.165) is 67.0 Å². The fourth-order valence-corrected chi connectivity index (χ4v) is 4.32. The zero-order valence-corrected chi connectivity index (χ0v) is 20.1. The maximum atomic E-state index is 4.66. The first kappa shape index (κ1) is 21.7. The summed E-state index contributed by atoms with van der Waals surface area (Å²) in [7, 11) is 0. The second-order valence-corrected chi connectivity index (χ2v) is 9.14. The standard InChI is InChI=1S/C29H25N7/c1-17(2)18(3)33-21-11-20(14-31-15-21)26-13-24-28(16-32-26)35-36-29(24)27-12-23-22(5-4-6-25(23)34-27)19-7-9-30-10-8-19/h4-17,33-34H,3H2,1-2H3,(H,35,36). The summed E-state index contributed by atoms with van der Waals surface area (Å²) >= 11 is 0. The number of pyridine rings is 3. The van der Waals surface area contributed by atoms with Gasteiger partial charge in [-0.25, -0.2) is 0 Å². The molecule has 176 valence electrons. The lowest BCUT2D eigenvalue weighted by molar-refractivity contribution is 0.778. The van der Waals surface area contributed by atoms with Crippen LogP contribution in [0.3, 0.4) is 0 Å². The first-order valence-electron chi connectivity index (χ1n) is 11.8.